The summed E-state index contributed by atoms with van der Waals surface area (Å²) < 4.78 is 10.4. The molecule has 1 aliphatic carbocycles. The first kappa shape index (κ1) is 16.3. The second kappa shape index (κ2) is 6.59. The highest BCUT2D eigenvalue weighted by molar-refractivity contribution is 5.93. The molecule has 2 atom stereocenters. The number of hydrogen-bond acceptors (Lipinski definition) is 7. The minimum absolute atomic E-state index is 0.0939. The molecule has 1 saturated heterocycles. The molecule has 2 aromatic heterocycles. The summed E-state index contributed by atoms with van der Waals surface area (Å²) in [5, 5.41) is 10.7. The minimum Gasteiger partial charge on any atom is -0.339 e. The van der Waals surface area contributed by atoms with Crippen LogP contribution in [-0.2, 0) is 4.79 Å². The van der Waals surface area contributed by atoms with Gasteiger partial charge in [0.15, 0.2) is 5.82 Å². The molecule has 3 heterocycles. The lowest BCUT2D eigenvalue weighted by Crippen LogP contribution is -2.46. The van der Waals surface area contributed by atoms with Crippen molar-refractivity contribution in [2.45, 2.75) is 57.4 Å². The Morgan fingerprint density at radius 3 is 2.84 bits per heavy atom. The van der Waals surface area contributed by atoms with Gasteiger partial charge in [0, 0.05) is 24.4 Å². The average Bonchev–Trinajstić information content (AvgIpc) is 3.21. The summed E-state index contributed by atoms with van der Waals surface area (Å²) in [6.45, 7) is 5.37. The Morgan fingerprint density at radius 1 is 1.28 bits per heavy atom. The molecule has 2 aromatic rings. The van der Waals surface area contributed by atoms with Crippen LogP contribution in [0.3, 0.4) is 0 Å². The molecule has 0 bridgehead atoms. The topological polar surface area (TPSA) is 97.3 Å². The number of anilines is 1. The van der Waals surface area contributed by atoms with Gasteiger partial charge in [-0.25, -0.2) is 0 Å². The van der Waals surface area contributed by atoms with Gasteiger partial charge >= 0.3 is 0 Å². The zero-order valence-corrected chi connectivity index (χ0v) is 14.6. The van der Waals surface area contributed by atoms with Crippen LogP contribution >= 0.6 is 0 Å². The van der Waals surface area contributed by atoms with E-state index in [4.69, 9.17) is 9.05 Å². The Morgan fingerprint density at radius 2 is 2.12 bits per heavy atom. The van der Waals surface area contributed by atoms with Gasteiger partial charge in [-0.05, 0) is 46.1 Å². The standard InChI is InChI=1S/C17H23N5O3/c1-10-8-14(24-20-10)18-16(23)11(2)22-7-3-4-13(9-22)15-19-17(25-21-15)12-5-6-12/h8,11-13H,3-7,9H2,1-2H3,(H,18,23)/t11-,13+/m0/s1. The lowest BCUT2D eigenvalue weighted by Gasteiger charge is -2.34. The maximum Gasteiger partial charge on any atom is 0.243 e. The first-order chi connectivity index (χ1) is 12.1. The second-order valence-corrected chi connectivity index (χ2v) is 7.10. The van der Waals surface area contributed by atoms with Gasteiger partial charge in [-0.2, -0.15) is 4.98 Å². The number of amides is 1. The van der Waals surface area contributed by atoms with Crippen LogP contribution in [0.15, 0.2) is 15.1 Å². The number of nitrogens with zero attached hydrogens (tertiary/aromatic N) is 4. The van der Waals surface area contributed by atoms with Crippen molar-refractivity contribution in [3.05, 3.63) is 23.5 Å². The lowest BCUT2D eigenvalue weighted by molar-refractivity contribution is -0.121. The van der Waals surface area contributed by atoms with E-state index in [2.05, 4.69) is 25.5 Å². The number of nitrogens with one attached hydrogen (secondary N) is 1. The summed E-state index contributed by atoms with van der Waals surface area (Å²) in [5.74, 6) is 2.53. The first-order valence-electron chi connectivity index (χ1n) is 8.92. The van der Waals surface area contributed by atoms with E-state index in [9.17, 15) is 4.79 Å². The van der Waals surface area contributed by atoms with Crippen LogP contribution in [0.4, 0.5) is 5.88 Å². The highest BCUT2D eigenvalue weighted by atomic mass is 16.5. The largest absolute Gasteiger partial charge is 0.339 e. The molecule has 8 heteroatoms. The Hall–Kier alpha value is -2.22. The van der Waals surface area contributed by atoms with E-state index in [1.165, 1.54) is 0 Å². The van der Waals surface area contributed by atoms with Crippen LogP contribution in [0.25, 0.3) is 0 Å². The summed E-state index contributed by atoms with van der Waals surface area (Å²) in [7, 11) is 0. The van der Waals surface area contributed by atoms with Crippen molar-refractivity contribution in [3.8, 4) is 0 Å². The third kappa shape index (κ3) is 3.58. The zero-order valence-electron chi connectivity index (χ0n) is 14.6. The van der Waals surface area contributed by atoms with E-state index >= 15 is 0 Å². The van der Waals surface area contributed by atoms with Crippen molar-refractivity contribution in [2.75, 3.05) is 18.4 Å². The highest BCUT2D eigenvalue weighted by Crippen LogP contribution is 2.39. The van der Waals surface area contributed by atoms with Crippen LogP contribution in [-0.4, -0.2) is 45.2 Å². The maximum atomic E-state index is 12.5. The third-order valence-electron chi connectivity index (χ3n) is 5.00. The van der Waals surface area contributed by atoms with Crippen molar-refractivity contribution in [1.82, 2.24) is 20.2 Å². The number of hydrogen-bond donors (Lipinski definition) is 1. The first-order valence-corrected chi connectivity index (χ1v) is 8.92. The van der Waals surface area contributed by atoms with Crippen molar-refractivity contribution < 1.29 is 13.8 Å². The number of aromatic nitrogens is 3. The van der Waals surface area contributed by atoms with Crippen molar-refractivity contribution in [2.24, 2.45) is 0 Å². The van der Waals surface area contributed by atoms with Gasteiger partial charge in [0.25, 0.3) is 0 Å². The highest BCUT2D eigenvalue weighted by Gasteiger charge is 2.33. The predicted molar refractivity (Wildman–Crippen MR) is 89.2 cm³/mol. The smallest absolute Gasteiger partial charge is 0.243 e. The normalized spacial score (nSPS) is 22.7. The van der Waals surface area contributed by atoms with Gasteiger partial charge in [-0.1, -0.05) is 10.3 Å². The fraction of sp³-hybridized carbons (Fsp3) is 0.647. The second-order valence-electron chi connectivity index (χ2n) is 7.10. The number of rotatable bonds is 5. The van der Waals surface area contributed by atoms with E-state index < -0.39 is 0 Å². The SMILES string of the molecule is Cc1cc(NC(=O)[C@H](C)N2CCC[C@@H](c3noc(C4CC4)n3)C2)on1. The Balaban J connectivity index is 1.38. The molecular formula is C17H23N5O3. The predicted octanol–water partition coefficient (Wildman–Crippen LogP) is 2.45. The Labute approximate surface area is 145 Å². The summed E-state index contributed by atoms with van der Waals surface area (Å²) in [5.41, 5.74) is 0.740. The molecule has 1 N–H and O–H groups in total. The molecule has 2 aliphatic rings. The Kier molecular flexibility index (Phi) is 4.29. The van der Waals surface area contributed by atoms with Crippen LogP contribution < -0.4 is 5.32 Å². The fourth-order valence-corrected chi connectivity index (χ4v) is 3.29. The van der Waals surface area contributed by atoms with Gasteiger partial charge in [0.05, 0.1) is 11.7 Å². The van der Waals surface area contributed by atoms with Gasteiger partial charge in [-0.15, -0.1) is 0 Å². The summed E-state index contributed by atoms with van der Waals surface area (Å²) in [6.07, 6.45) is 4.33. The number of carbonyl (C=O) groups excluding carboxylic acids is 1. The van der Waals surface area contributed by atoms with E-state index in [0.29, 0.717) is 11.8 Å². The van der Waals surface area contributed by atoms with E-state index in [0.717, 1.165) is 56.2 Å². The summed E-state index contributed by atoms with van der Waals surface area (Å²) in [4.78, 5) is 19.2. The minimum atomic E-state index is -0.261. The number of piperidine rings is 1. The zero-order chi connectivity index (χ0) is 17.4. The third-order valence-corrected chi connectivity index (χ3v) is 5.00. The fourth-order valence-electron chi connectivity index (χ4n) is 3.29. The number of carbonyl (C=O) groups is 1. The number of aryl methyl sites for hydroxylation is 1. The number of likely N-dealkylation sites (tertiary alicyclic amines) is 1. The van der Waals surface area contributed by atoms with Crippen LogP contribution in [0.2, 0.25) is 0 Å². The molecule has 134 valence electrons. The summed E-state index contributed by atoms with van der Waals surface area (Å²) in [6, 6.07) is 1.45. The van der Waals surface area contributed by atoms with E-state index in [1.807, 2.05) is 13.8 Å². The van der Waals surface area contributed by atoms with Crippen molar-refractivity contribution >= 4 is 11.8 Å². The van der Waals surface area contributed by atoms with Crippen molar-refractivity contribution in [1.29, 1.82) is 0 Å². The summed E-state index contributed by atoms with van der Waals surface area (Å²) >= 11 is 0. The molecule has 1 amide bonds. The molecule has 1 saturated carbocycles. The monoisotopic (exact) mass is 345 g/mol. The van der Waals surface area contributed by atoms with Crippen molar-refractivity contribution in [3.63, 3.8) is 0 Å². The molecule has 0 radical (unpaired) electrons. The molecule has 25 heavy (non-hydrogen) atoms. The molecule has 0 aromatic carbocycles. The van der Waals surface area contributed by atoms with Crippen LogP contribution in [0.1, 0.15) is 61.9 Å². The molecule has 2 fully saturated rings. The van der Waals surface area contributed by atoms with E-state index in [-0.39, 0.29) is 17.9 Å². The quantitative estimate of drug-likeness (QED) is 0.889. The van der Waals surface area contributed by atoms with Crippen LogP contribution in [0, 0.1) is 6.92 Å². The van der Waals surface area contributed by atoms with Gasteiger partial charge in [-0.3, -0.25) is 15.0 Å². The Bertz CT molecular complexity index is 751. The van der Waals surface area contributed by atoms with Crippen LogP contribution in [0.5, 0.6) is 0 Å². The molecule has 4 rings (SSSR count). The molecule has 0 unspecified atom stereocenters. The van der Waals surface area contributed by atoms with E-state index in [1.54, 1.807) is 6.07 Å². The van der Waals surface area contributed by atoms with Gasteiger partial charge in [0.2, 0.25) is 17.7 Å². The molecule has 1 aliphatic heterocycles. The molecular weight excluding hydrogens is 322 g/mol. The molecule has 0 spiro atoms. The van der Waals surface area contributed by atoms with Gasteiger partial charge < -0.3 is 9.05 Å². The average molecular weight is 345 g/mol. The maximum absolute atomic E-state index is 12.5. The molecule has 8 nitrogen and oxygen atoms in total. The van der Waals surface area contributed by atoms with Gasteiger partial charge in [0.1, 0.15) is 0 Å². The lowest BCUT2D eigenvalue weighted by atomic mass is 9.96.